The van der Waals surface area contributed by atoms with Crippen molar-refractivity contribution in [2.75, 3.05) is 6.54 Å². The second kappa shape index (κ2) is 7.47. The van der Waals surface area contributed by atoms with Crippen LogP contribution in [0.1, 0.15) is 33.1 Å². The molecule has 0 amide bonds. The van der Waals surface area contributed by atoms with E-state index in [0.717, 1.165) is 25.8 Å². The minimum atomic E-state index is -0.197. The molecule has 1 atom stereocenters. The predicted octanol–water partition coefficient (Wildman–Crippen LogP) is 1.81. The zero-order valence-electron chi connectivity index (χ0n) is 7.17. The maximum absolute atomic E-state index is 9.74. The smallest absolute Gasteiger partial charge is 0.182 e. The van der Waals surface area contributed by atoms with Crippen molar-refractivity contribution in [1.29, 1.82) is 0 Å². The Labute approximate surface area is 67.2 Å². The Bertz CT molecular complexity index is 98.4. The van der Waals surface area contributed by atoms with Gasteiger partial charge in [0.15, 0.2) is 11.6 Å². The molecule has 0 aromatic rings. The molecule has 1 N–H and O–H groups in total. The second-order valence-corrected chi connectivity index (χ2v) is 2.37. The van der Waals surface area contributed by atoms with Gasteiger partial charge in [-0.05, 0) is 13.0 Å². The fourth-order valence-electron chi connectivity index (χ4n) is 0.861. The van der Waals surface area contributed by atoms with E-state index in [4.69, 9.17) is 0 Å². The molecule has 0 rings (SSSR count). The Hall–Kier alpha value is -0.640. The standard InChI is InChI=1S/C7H16N2O2/c1-3-5-6-7(8-4-2)11-9-10/h7-8H,3-6H2,1-2H3. The van der Waals surface area contributed by atoms with Crippen LogP contribution >= 0.6 is 0 Å². The third-order valence-electron chi connectivity index (χ3n) is 1.42. The average Bonchev–Trinajstić information content (AvgIpc) is 2.01. The van der Waals surface area contributed by atoms with E-state index in [1.807, 2.05) is 6.92 Å². The van der Waals surface area contributed by atoms with Gasteiger partial charge in [-0.25, -0.2) is 0 Å². The SMILES string of the molecule is CCCCC(NCC)ON=O. The summed E-state index contributed by atoms with van der Waals surface area (Å²) in [5.41, 5.74) is 0. The Balaban J connectivity index is 3.41. The summed E-state index contributed by atoms with van der Waals surface area (Å²) in [6.45, 7) is 4.86. The van der Waals surface area contributed by atoms with Crippen LogP contribution in [-0.4, -0.2) is 12.8 Å². The highest BCUT2D eigenvalue weighted by atomic mass is 16.7. The minimum absolute atomic E-state index is 0.197. The van der Waals surface area contributed by atoms with Crippen molar-refractivity contribution in [3.05, 3.63) is 4.91 Å². The van der Waals surface area contributed by atoms with E-state index in [-0.39, 0.29) is 6.23 Å². The monoisotopic (exact) mass is 160 g/mol. The van der Waals surface area contributed by atoms with Gasteiger partial charge in [0.2, 0.25) is 0 Å². The third kappa shape index (κ3) is 5.79. The fraction of sp³-hybridized carbons (Fsp3) is 1.00. The highest BCUT2D eigenvalue weighted by Gasteiger charge is 2.06. The summed E-state index contributed by atoms with van der Waals surface area (Å²) < 4.78 is 0. The second-order valence-electron chi connectivity index (χ2n) is 2.37. The van der Waals surface area contributed by atoms with Crippen molar-refractivity contribution in [2.24, 2.45) is 5.34 Å². The lowest BCUT2D eigenvalue weighted by atomic mass is 10.2. The molecular formula is C7H16N2O2. The van der Waals surface area contributed by atoms with E-state index in [9.17, 15) is 4.91 Å². The molecular weight excluding hydrogens is 144 g/mol. The van der Waals surface area contributed by atoms with E-state index in [1.54, 1.807) is 0 Å². The maximum Gasteiger partial charge on any atom is 0.182 e. The van der Waals surface area contributed by atoms with E-state index < -0.39 is 0 Å². The lowest BCUT2D eigenvalue weighted by Gasteiger charge is -2.12. The summed E-state index contributed by atoms with van der Waals surface area (Å²) in [5.74, 6) is 0. The van der Waals surface area contributed by atoms with E-state index in [2.05, 4.69) is 22.4 Å². The number of rotatable bonds is 7. The van der Waals surface area contributed by atoms with Crippen molar-refractivity contribution in [2.45, 2.75) is 39.3 Å². The Morgan fingerprint density at radius 2 is 2.27 bits per heavy atom. The van der Waals surface area contributed by atoms with Crippen molar-refractivity contribution >= 4 is 0 Å². The van der Waals surface area contributed by atoms with Gasteiger partial charge in [-0.2, -0.15) is 0 Å². The third-order valence-corrected chi connectivity index (χ3v) is 1.42. The summed E-state index contributed by atoms with van der Waals surface area (Å²) >= 11 is 0. The average molecular weight is 160 g/mol. The first kappa shape index (κ1) is 10.4. The van der Waals surface area contributed by atoms with Crippen LogP contribution in [0.15, 0.2) is 5.34 Å². The number of nitrogens with zero attached hydrogens (tertiary/aromatic N) is 1. The normalized spacial score (nSPS) is 12.5. The van der Waals surface area contributed by atoms with Gasteiger partial charge >= 0.3 is 0 Å². The van der Waals surface area contributed by atoms with E-state index in [1.165, 1.54) is 0 Å². The Morgan fingerprint density at radius 3 is 2.73 bits per heavy atom. The molecule has 11 heavy (non-hydrogen) atoms. The topological polar surface area (TPSA) is 50.7 Å². The van der Waals surface area contributed by atoms with Crippen LogP contribution < -0.4 is 5.32 Å². The molecule has 66 valence electrons. The van der Waals surface area contributed by atoms with Crippen LogP contribution in [0.3, 0.4) is 0 Å². The van der Waals surface area contributed by atoms with Crippen molar-refractivity contribution in [1.82, 2.24) is 5.32 Å². The highest BCUT2D eigenvalue weighted by Crippen LogP contribution is 2.01. The number of hydrogen-bond donors (Lipinski definition) is 1. The zero-order valence-corrected chi connectivity index (χ0v) is 7.17. The molecule has 0 radical (unpaired) electrons. The van der Waals surface area contributed by atoms with Crippen LogP contribution in [0.4, 0.5) is 0 Å². The van der Waals surface area contributed by atoms with Gasteiger partial charge in [-0.3, -0.25) is 5.32 Å². The number of hydrogen-bond acceptors (Lipinski definition) is 4. The molecule has 0 heterocycles. The number of nitrogens with one attached hydrogen (secondary N) is 1. The number of unbranched alkanes of at least 4 members (excludes halogenated alkanes) is 1. The van der Waals surface area contributed by atoms with Gasteiger partial charge in [0, 0.05) is 6.42 Å². The lowest BCUT2D eigenvalue weighted by Crippen LogP contribution is -2.29. The molecule has 0 saturated heterocycles. The minimum Gasteiger partial charge on any atom is -0.345 e. The summed E-state index contributed by atoms with van der Waals surface area (Å²) in [6, 6.07) is 0. The predicted molar refractivity (Wildman–Crippen MR) is 43.9 cm³/mol. The van der Waals surface area contributed by atoms with Gasteiger partial charge in [0.25, 0.3) is 0 Å². The summed E-state index contributed by atoms with van der Waals surface area (Å²) in [5, 5.41) is 5.40. The molecule has 0 aliphatic heterocycles. The van der Waals surface area contributed by atoms with Crippen LogP contribution in [0.5, 0.6) is 0 Å². The van der Waals surface area contributed by atoms with Gasteiger partial charge < -0.3 is 4.84 Å². The first-order valence-electron chi connectivity index (χ1n) is 4.07. The molecule has 4 heteroatoms. The Kier molecular flexibility index (Phi) is 7.03. The Morgan fingerprint density at radius 1 is 1.55 bits per heavy atom. The zero-order chi connectivity index (χ0) is 8.53. The van der Waals surface area contributed by atoms with Gasteiger partial charge in [0.05, 0.1) is 0 Å². The van der Waals surface area contributed by atoms with Gasteiger partial charge in [-0.15, -0.1) is 4.91 Å². The molecule has 0 aromatic carbocycles. The fourth-order valence-corrected chi connectivity index (χ4v) is 0.861. The van der Waals surface area contributed by atoms with Crippen LogP contribution in [-0.2, 0) is 4.84 Å². The molecule has 0 aromatic heterocycles. The van der Waals surface area contributed by atoms with Crippen LogP contribution in [0.2, 0.25) is 0 Å². The molecule has 0 saturated carbocycles. The molecule has 0 aliphatic rings. The first-order valence-corrected chi connectivity index (χ1v) is 4.07. The van der Waals surface area contributed by atoms with Crippen molar-refractivity contribution in [3.8, 4) is 0 Å². The summed E-state index contributed by atoms with van der Waals surface area (Å²) in [6.07, 6.45) is 2.80. The van der Waals surface area contributed by atoms with Crippen molar-refractivity contribution in [3.63, 3.8) is 0 Å². The van der Waals surface area contributed by atoms with E-state index in [0.29, 0.717) is 0 Å². The van der Waals surface area contributed by atoms with E-state index >= 15 is 0 Å². The van der Waals surface area contributed by atoms with Gasteiger partial charge in [0.1, 0.15) is 0 Å². The molecule has 4 nitrogen and oxygen atoms in total. The molecule has 0 aliphatic carbocycles. The molecule has 0 fully saturated rings. The first-order chi connectivity index (χ1) is 5.35. The van der Waals surface area contributed by atoms with Crippen LogP contribution in [0.25, 0.3) is 0 Å². The van der Waals surface area contributed by atoms with Crippen LogP contribution in [0, 0.1) is 4.91 Å². The lowest BCUT2D eigenvalue weighted by molar-refractivity contribution is 0.0249. The highest BCUT2D eigenvalue weighted by molar-refractivity contribution is 4.52. The molecule has 1 unspecified atom stereocenters. The van der Waals surface area contributed by atoms with Gasteiger partial charge in [-0.1, -0.05) is 20.3 Å². The summed E-state index contributed by atoms with van der Waals surface area (Å²) in [7, 11) is 0. The maximum atomic E-state index is 9.74. The largest absolute Gasteiger partial charge is 0.345 e. The van der Waals surface area contributed by atoms with Crippen molar-refractivity contribution < 1.29 is 4.84 Å². The molecule has 0 spiro atoms. The quantitative estimate of drug-likeness (QED) is 0.351. The molecule has 0 bridgehead atoms. The summed E-state index contributed by atoms with van der Waals surface area (Å²) in [4.78, 5) is 14.3.